The molecule has 27 heavy (non-hydrogen) atoms. The van der Waals surface area contributed by atoms with Gasteiger partial charge in [-0.25, -0.2) is 0 Å². The Morgan fingerprint density at radius 2 is 1.96 bits per heavy atom. The van der Waals surface area contributed by atoms with Gasteiger partial charge in [-0.05, 0) is 30.7 Å². The third-order valence-electron chi connectivity index (χ3n) is 4.41. The molecule has 0 aliphatic carbocycles. The van der Waals surface area contributed by atoms with E-state index in [1.807, 2.05) is 24.3 Å². The molecule has 2 aromatic carbocycles. The lowest BCUT2D eigenvalue weighted by Gasteiger charge is -2.14. The van der Waals surface area contributed by atoms with Crippen LogP contribution in [0.4, 0.5) is 0 Å². The summed E-state index contributed by atoms with van der Waals surface area (Å²) in [6.45, 7) is 2.22. The molecule has 0 aromatic heterocycles. The maximum Gasteiger partial charge on any atom is 0.313 e. The fourth-order valence-electron chi connectivity index (χ4n) is 2.89. The molecule has 1 unspecified atom stereocenters. The molecule has 1 heterocycles. The molecule has 0 saturated heterocycles. The fourth-order valence-corrected chi connectivity index (χ4v) is 2.89. The molecule has 142 valence electrons. The SMILES string of the molecule is CC(C(=O)OCCOCCO)c1ccc2c(c1)C(=O)Cc1ccccc1O2. The number of carbonyl (C=O) groups is 2. The number of aliphatic hydroxyl groups is 1. The molecule has 0 radical (unpaired) electrons. The van der Waals surface area contributed by atoms with E-state index < -0.39 is 11.9 Å². The van der Waals surface area contributed by atoms with E-state index in [0.717, 1.165) is 5.56 Å². The Balaban J connectivity index is 1.71. The van der Waals surface area contributed by atoms with Crippen LogP contribution in [-0.4, -0.2) is 43.3 Å². The van der Waals surface area contributed by atoms with E-state index in [1.54, 1.807) is 25.1 Å². The van der Waals surface area contributed by atoms with Crippen LogP contribution in [0.1, 0.15) is 34.3 Å². The summed E-state index contributed by atoms with van der Waals surface area (Å²) in [5.41, 5.74) is 2.00. The van der Waals surface area contributed by atoms with Gasteiger partial charge in [0.15, 0.2) is 5.78 Å². The lowest BCUT2D eigenvalue weighted by molar-refractivity contribution is -0.146. The van der Waals surface area contributed by atoms with E-state index in [1.165, 1.54) is 0 Å². The van der Waals surface area contributed by atoms with Crippen LogP contribution >= 0.6 is 0 Å². The van der Waals surface area contributed by atoms with Crippen molar-refractivity contribution in [3.63, 3.8) is 0 Å². The molecule has 3 rings (SSSR count). The number of hydrogen-bond donors (Lipinski definition) is 1. The number of rotatable bonds is 7. The standard InChI is InChI=1S/C21H22O6/c1-14(21(24)26-11-10-25-9-8-22)15-6-7-20-17(12-15)18(23)13-16-4-2-3-5-19(16)27-20/h2-7,12,14,22H,8-11,13H2,1H3. The van der Waals surface area contributed by atoms with Gasteiger partial charge >= 0.3 is 5.97 Å². The molecule has 6 heteroatoms. The minimum Gasteiger partial charge on any atom is -0.463 e. The van der Waals surface area contributed by atoms with Crippen LogP contribution in [0.15, 0.2) is 42.5 Å². The summed E-state index contributed by atoms with van der Waals surface area (Å²) in [5, 5.41) is 8.64. The molecule has 1 aliphatic heterocycles. The van der Waals surface area contributed by atoms with E-state index in [-0.39, 0.29) is 38.6 Å². The minimum atomic E-state index is -0.522. The highest BCUT2D eigenvalue weighted by Gasteiger charge is 2.24. The first-order valence-corrected chi connectivity index (χ1v) is 8.88. The second kappa shape index (κ2) is 8.79. The van der Waals surface area contributed by atoms with Crippen molar-refractivity contribution in [2.45, 2.75) is 19.3 Å². The fraction of sp³-hybridized carbons (Fsp3) is 0.333. The molecule has 2 aromatic rings. The number of hydrogen-bond acceptors (Lipinski definition) is 6. The summed E-state index contributed by atoms with van der Waals surface area (Å²) in [6, 6.07) is 12.7. The van der Waals surface area contributed by atoms with Crippen molar-refractivity contribution in [1.82, 2.24) is 0 Å². The zero-order chi connectivity index (χ0) is 19.2. The molecule has 0 spiro atoms. The van der Waals surface area contributed by atoms with Crippen LogP contribution in [0.2, 0.25) is 0 Å². The van der Waals surface area contributed by atoms with Gasteiger partial charge in [0.2, 0.25) is 0 Å². The molecule has 0 bridgehead atoms. The van der Waals surface area contributed by atoms with Crippen molar-refractivity contribution in [3.05, 3.63) is 59.2 Å². The van der Waals surface area contributed by atoms with E-state index >= 15 is 0 Å². The lowest BCUT2D eigenvalue weighted by Crippen LogP contribution is -2.17. The third kappa shape index (κ3) is 4.53. The van der Waals surface area contributed by atoms with Gasteiger partial charge in [0.05, 0.1) is 31.3 Å². The topological polar surface area (TPSA) is 82.1 Å². The normalized spacial score (nSPS) is 13.8. The van der Waals surface area contributed by atoms with Gasteiger partial charge in [-0.3, -0.25) is 9.59 Å². The predicted octanol–water partition coefficient (Wildman–Crippen LogP) is 2.87. The van der Waals surface area contributed by atoms with Crippen molar-refractivity contribution in [1.29, 1.82) is 0 Å². The first kappa shape index (κ1) is 19.1. The van der Waals surface area contributed by atoms with Crippen molar-refractivity contribution < 1.29 is 28.9 Å². The molecule has 0 fully saturated rings. The number of aliphatic hydroxyl groups excluding tert-OH is 1. The Labute approximate surface area is 157 Å². The smallest absolute Gasteiger partial charge is 0.313 e. The van der Waals surface area contributed by atoms with Gasteiger partial charge in [0, 0.05) is 12.0 Å². The largest absolute Gasteiger partial charge is 0.463 e. The number of esters is 1. The third-order valence-corrected chi connectivity index (χ3v) is 4.41. The van der Waals surface area contributed by atoms with Gasteiger partial charge in [0.25, 0.3) is 0 Å². The second-order valence-electron chi connectivity index (χ2n) is 6.29. The first-order valence-electron chi connectivity index (χ1n) is 8.88. The lowest BCUT2D eigenvalue weighted by atomic mass is 9.95. The molecular formula is C21H22O6. The Morgan fingerprint density at radius 3 is 2.78 bits per heavy atom. The number of para-hydroxylation sites is 1. The Morgan fingerprint density at radius 1 is 1.15 bits per heavy atom. The molecule has 0 amide bonds. The van der Waals surface area contributed by atoms with Crippen LogP contribution in [0, 0.1) is 0 Å². The van der Waals surface area contributed by atoms with E-state index in [4.69, 9.17) is 19.3 Å². The Bertz CT molecular complexity index is 829. The first-order chi connectivity index (χ1) is 13.1. The van der Waals surface area contributed by atoms with Crippen molar-refractivity contribution in [3.8, 4) is 11.5 Å². The number of carbonyl (C=O) groups excluding carboxylic acids is 2. The summed E-state index contributed by atoms with van der Waals surface area (Å²) in [5.74, 6) is 0.202. The van der Waals surface area contributed by atoms with E-state index in [2.05, 4.69) is 0 Å². The molecule has 1 atom stereocenters. The van der Waals surface area contributed by atoms with Crippen LogP contribution < -0.4 is 4.74 Å². The van der Waals surface area contributed by atoms with Crippen LogP contribution in [0.5, 0.6) is 11.5 Å². The molecule has 1 aliphatic rings. The predicted molar refractivity (Wildman–Crippen MR) is 98.3 cm³/mol. The monoisotopic (exact) mass is 370 g/mol. The molecule has 0 saturated carbocycles. The summed E-state index contributed by atoms with van der Waals surface area (Å²) in [7, 11) is 0. The Kier molecular flexibility index (Phi) is 6.21. The number of fused-ring (bicyclic) bond motifs is 2. The maximum atomic E-state index is 12.7. The van der Waals surface area contributed by atoms with Crippen molar-refractivity contribution in [2.24, 2.45) is 0 Å². The highest BCUT2D eigenvalue weighted by atomic mass is 16.6. The van der Waals surface area contributed by atoms with E-state index in [9.17, 15) is 9.59 Å². The van der Waals surface area contributed by atoms with Gasteiger partial charge in [-0.1, -0.05) is 24.3 Å². The Hall–Kier alpha value is -2.70. The van der Waals surface area contributed by atoms with Crippen LogP contribution in [0.25, 0.3) is 0 Å². The minimum absolute atomic E-state index is 0.0465. The van der Waals surface area contributed by atoms with Crippen molar-refractivity contribution in [2.75, 3.05) is 26.4 Å². The van der Waals surface area contributed by atoms with E-state index in [0.29, 0.717) is 22.6 Å². The summed E-state index contributed by atoms with van der Waals surface area (Å²) in [4.78, 5) is 24.9. The summed E-state index contributed by atoms with van der Waals surface area (Å²) >= 11 is 0. The summed E-state index contributed by atoms with van der Waals surface area (Å²) < 4.78 is 16.1. The van der Waals surface area contributed by atoms with Gasteiger partial charge in [0.1, 0.15) is 18.1 Å². The second-order valence-corrected chi connectivity index (χ2v) is 6.29. The summed E-state index contributed by atoms with van der Waals surface area (Å²) in [6.07, 6.45) is 0.258. The average Bonchev–Trinajstić information content (AvgIpc) is 2.82. The molecule has 1 N–H and O–H groups in total. The maximum absolute atomic E-state index is 12.7. The van der Waals surface area contributed by atoms with Crippen LogP contribution in [-0.2, 0) is 20.7 Å². The quantitative estimate of drug-likeness (QED) is 0.596. The molecule has 6 nitrogen and oxygen atoms in total. The van der Waals surface area contributed by atoms with Crippen LogP contribution in [0.3, 0.4) is 0 Å². The highest BCUT2D eigenvalue weighted by molar-refractivity contribution is 6.01. The van der Waals surface area contributed by atoms with Gasteiger partial charge in [-0.15, -0.1) is 0 Å². The van der Waals surface area contributed by atoms with Gasteiger partial charge < -0.3 is 19.3 Å². The number of ketones is 1. The highest BCUT2D eigenvalue weighted by Crippen LogP contribution is 2.35. The van der Waals surface area contributed by atoms with Crippen molar-refractivity contribution >= 4 is 11.8 Å². The number of ether oxygens (including phenoxy) is 3. The number of Topliss-reactive ketones (excluding diaryl/α,β-unsaturated/α-hetero) is 1. The zero-order valence-corrected chi connectivity index (χ0v) is 15.1. The van der Waals surface area contributed by atoms with Gasteiger partial charge in [-0.2, -0.15) is 0 Å². The molecular weight excluding hydrogens is 348 g/mol. The average molecular weight is 370 g/mol. The number of benzene rings is 2. The zero-order valence-electron chi connectivity index (χ0n) is 15.1.